The monoisotopic (exact) mass is 381 g/mol. The van der Waals surface area contributed by atoms with Crippen LogP contribution < -0.4 is 5.43 Å². The van der Waals surface area contributed by atoms with Gasteiger partial charge in [0.2, 0.25) is 0 Å². The third-order valence-corrected chi connectivity index (χ3v) is 3.68. The summed E-state index contributed by atoms with van der Waals surface area (Å²) >= 11 is 8.98. The molecule has 0 spiro atoms. The van der Waals surface area contributed by atoms with Crippen LogP contribution in [-0.2, 0) is 0 Å². The lowest BCUT2D eigenvalue weighted by Crippen LogP contribution is -2.18. The number of nitrogens with zero attached hydrogens (tertiary/aromatic N) is 2. The van der Waals surface area contributed by atoms with E-state index in [9.17, 15) is 14.9 Å². The van der Waals surface area contributed by atoms with Crippen molar-refractivity contribution in [1.29, 1.82) is 0 Å². The van der Waals surface area contributed by atoms with Gasteiger partial charge < -0.3 is 0 Å². The number of hydrogen-bond acceptors (Lipinski definition) is 4. The summed E-state index contributed by atoms with van der Waals surface area (Å²) in [5, 5.41) is 14.6. The number of carbonyl (C=O) groups excluding carboxylic acids is 1. The molecular formula is C14H9BrClN3O3. The van der Waals surface area contributed by atoms with Crippen molar-refractivity contribution >= 4 is 45.3 Å². The summed E-state index contributed by atoms with van der Waals surface area (Å²) in [6.45, 7) is 0. The highest BCUT2D eigenvalue weighted by atomic mass is 79.9. The van der Waals surface area contributed by atoms with Crippen LogP contribution in [0.1, 0.15) is 15.9 Å². The van der Waals surface area contributed by atoms with Gasteiger partial charge in [0, 0.05) is 16.1 Å². The minimum Gasteiger partial charge on any atom is -0.267 e. The molecule has 0 aliphatic carbocycles. The van der Waals surface area contributed by atoms with E-state index in [0.29, 0.717) is 15.6 Å². The van der Waals surface area contributed by atoms with Crippen LogP contribution >= 0.6 is 27.5 Å². The molecule has 0 radical (unpaired) electrons. The molecular weight excluding hydrogens is 374 g/mol. The maximum Gasteiger partial charge on any atom is 0.288 e. The predicted octanol–water partition coefficient (Wildman–Crippen LogP) is 3.77. The van der Waals surface area contributed by atoms with Crippen molar-refractivity contribution in [2.75, 3.05) is 0 Å². The average molecular weight is 383 g/mol. The topological polar surface area (TPSA) is 84.6 Å². The van der Waals surface area contributed by atoms with Gasteiger partial charge >= 0.3 is 0 Å². The number of halogens is 2. The van der Waals surface area contributed by atoms with E-state index in [1.165, 1.54) is 18.3 Å². The van der Waals surface area contributed by atoms with Gasteiger partial charge in [-0.2, -0.15) is 5.10 Å². The molecule has 0 heterocycles. The van der Waals surface area contributed by atoms with E-state index in [1.54, 1.807) is 30.3 Å². The maximum absolute atomic E-state index is 11.9. The second kappa shape index (κ2) is 7.15. The second-order valence-electron chi connectivity index (χ2n) is 4.15. The molecule has 6 nitrogen and oxygen atoms in total. The Balaban J connectivity index is 2.10. The minimum absolute atomic E-state index is 0.0411. The van der Waals surface area contributed by atoms with E-state index in [-0.39, 0.29) is 10.7 Å². The first kappa shape index (κ1) is 16.1. The quantitative estimate of drug-likeness (QED) is 0.496. The van der Waals surface area contributed by atoms with Gasteiger partial charge in [0.25, 0.3) is 11.6 Å². The highest BCUT2D eigenvalue weighted by Crippen LogP contribution is 2.24. The van der Waals surface area contributed by atoms with Crippen LogP contribution in [0, 0.1) is 10.1 Å². The Hall–Kier alpha value is -2.25. The number of hydrogen-bond donors (Lipinski definition) is 1. The van der Waals surface area contributed by atoms with Crippen molar-refractivity contribution < 1.29 is 9.72 Å². The molecule has 22 heavy (non-hydrogen) atoms. The fraction of sp³-hybridized carbons (Fsp3) is 0. The van der Waals surface area contributed by atoms with Crippen LogP contribution in [0.2, 0.25) is 5.02 Å². The van der Waals surface area contributed by atoms with Crippen molar-refractivity contribution in [2.45, 2.75) is 0 Å². The Labute approximate surface area is 139 Å². The number of carbonyl (C=O) groups is 1. The number of nitro groups is 1. The van der Waals surface area contributed by atoms with Crippen molar-refractivity contribution in [3.63, 3.8) is 0 Å². The molecule has 0 bridgehead atoms. The third-order valence-electron chi connectivity index (χ3n) is 2.67. The number of nitro benzene ring substituents is 1. The Morgan fingerprint density at radius 3 is 2.73 bits per heavy atom. The Morgan fingerprint density at radius 1 is 1.32 bits per heavy atom. The summed E-state index contributed by atoms with van der Waals surface area (Å²) in [6.07, 6.45) is 1.30. The highest BCUT2D eigenvalue weighted by molar-refractivity contribution is 9.10. The van der Waals surface area contributed by atoms with Gasteiger partial charge in [-0.05, 0) is 34.1 Å². The van der Waals surface area contributed by atoms with Crippen molar-refractivity contribution in [1.82, 2.24) is 5.43 Å². The molecule has 0 aliphatic heterocycles. The fourth-order valence-corrected chi connectivity index (χ4v) is 2.27. The van der Waals surface area contributed by atoms with Crippen molar-refractivity contribution in [2.24, 2.45) is 5.10 Å². The van der Waals surface area contributed by atoms with Gasteiger partial charge in [0.15, 0.2) is 0 Å². The first-order valence-electron chi connectivity index (χ1n) is 6.01. The highest BCUT2D eigenvalue weighted by Gasteiger charge is 2.12. The summed E-state index contributed by atoms with van der Waals surface area (Å²) in [6, 6.07) is 11.1. The Morgan fingerprint density at radius 2 is 2.05 bits per heavy atom. The van der Waals surface area contributed by atoms with E-state index in [2.05, 4.69) is 26.5 Å². The zero-order chi connectivity index (χ0) is 16.1. The molecule has 0 aromatic heterocycles. The van der Waals surface area contributed by atoms with E-state index in [1.807, 2.05) is 0 Å². The van der Waals surface area contributed by atoms with E-state index in [4.69, 9.17) is 11.6 Å². The third kappa shape index (κ3) is 3.90. The van der Waals surface area contributed by atoms with Crippen LogP contribution in [-0.4, -0.2) is 17.0 Å². The molecule has 2 rings (SSSR count). The van der Waals surface area contributed by atoms with Crippen LogP contribution in [0.25, 0.3) is 0 Å². The molecule has 112 valence electrons. The molecule has 2 aromatic rings. The number of hydrazone groups is 1. The lowest BCUT2D eigenvalue weighted by molar-refractivity contribution is -0.384. The standard InChI is InChI=1S/C14H9BrClN3O3/c15-11-4-2-1-3-10(11)14(20)18-17-8-9-5-6-12(16)13(7-9)19(21)22/h1-8H,(H,18,20)/b17-8-. The van der Waals surface area contributed by atoms with Crippen LogP contribution in [0.3, 0.4) is 0 Å². The molecule has 8 heteroatoms. The maximum atomic E-state index is 11.9. The number of benzene rings is 2. The van der Waals surface area contributed by atoms with Gasteiger partial charge in [0.05, 0.1) is 16.7 Å². The van der Waals surface area contributed by atoms with Crippen molar-refractivity contribution in [3.05, 3.63) is 73.2 Å². The molecule has 0 aliphatic rings. The SMILES string of the molecule is O=C(N/N=C\c1ccc(Cl)c([N+](=O)[O-])c1)c1ccccc1Br. The smallest absolute Gasteiger partial charge is 0.267 e. The summed E-state index contributed by atoms with van der Waals surface area (Å²) in [7, 11) is 0. The van der Waals surface area contributed by atoms with Crippen LogP contribution in [0.15, 0.2) is 52.0 Å². The fourth-order valence-electron chi connectivity index (χ4n) is 1.62. The van der Waals surface area contributed by atoms with E-state index in [0.717, 1.165) is 0 Å². The summed E-state index contributed by atoms with van der Waals surface area (Å²) in [4.78, 5) is 22.1. The van der Waals surface area contributed by atoms with E-state index < -0.39 is 10.8 Å². The first-order chi connectivity index (χ1) is 10.5. The Bertz CT molecular complexity index is 765. The lowest BCUT2D eigenvalue weighted by atomic mass is 10.2. The molecule has 2 aromatic carbocycles. The second-order valence-corrected chi connectivity index (χ2v) is 5.41. The minimum atomic E-state index is -0.584. The number of rotatable bonds is 4. The number of amides is 1. The molecule has 0 atom stereocenters. The first-order valence-corrected chi connectivity index (χ1v) is 7.18. The molecule has 1 N–H and O–H groups in total. The summed E-state index contributed by atoms with van der Waals surface area (Å²) in [5.41, 5.74) is 3.01. The molecule has 0 unspecified atom stereocenters. The molecule has 1 amide bonds. The van der Waals surface area contributed by atoms with Gasteiger partial charge in [-0.1, -0.05) is 29.8 Å². The Kier molecular flexibility index (Phi) is 5.24. The van der Waals surface area contributed by atoms with Gasteiger partial charge in [-0.25, -0.2) is 5.43 Å². The zero-order valence-electron chi connectivity index (χ0n) is 11.0. The summed E-state index contributed by atoms with van der Waals surface area (Å²) in [5.74, 6) is -0.396. The van der Waals surface area contributed by atoms with Crippen LogP contribution in [0.4, 0.5) is 5.69 Å². The largest absolute Gasteiger partial charge is 0.288 e. The molecule has 0 saturated heterocycles. The number of nitrogens with one attached hydrogen (secondary N) is 1. The van der Waals surface area contributed by atoms with Gasteiger partial charge in [-0.3, -0.25) is 14.9 Å². The van der Waals surface area contributed by atoms with Crippen LogP contribution in [0.5, 0.6) is 0 Å². The van der Waals surface area contributed by atoms with Gasteiger partial charge in [-0.15, -0.1) is 0 Å². The van der Waals surface area contributed by atoms with E-state index >= 15 is 0 Å². The lowest BCUT2D eigenvalue weighted by Gasteiger charge is -2.02. The normalized spacial score (nSPS) is 10.6. The average Bonchev–Trinajstić information content (AvgIpc) is 2.49. The van der Waals surface area contributed by atoms with Crippen molar-refractivity contribution in [3.8, 4) is 0 Å². The zero-order valence-corrected chi connectivity index (χ0v) is 13.3. The molecule has 0 saturated carbocycles. The predicted molar refractivity (Wildman–Crippen MR) is 87.3 cm³/mol. The van der Waals surface area contributed by atoms with Gasteiger partial charge in [0.1, 0.15) is 5.02 Å². The summed E-state index contributed by atoms with van der Waals surface area (Å²) < 4.78 is 0.643. The molecule has 0 fully saturated rings.